The van der Waals surface area contributed by atoms with Crippen LogP contribution in [0, 0.1) is 0 Å². The van der Waals surface area contributed by atoms with Crippen molar-refractivity contribution in [3.63, 3.8) is 0 Å². The molecule has 0 rings (SSSR count). The van der Waals surface area contributed by atoms with Crippen LogP contribution in [0.1, 0.15) is 207 Å². The molecule has 1 atom stereocenters. The highest BCUT2D eigenvalue weighted by atomic mass is 16.6. The van der Waals surface area contributed by atoms with Gasteiger partial charge in [-0.3, -0.25) is 14.4 Å². The number of ether oxygens (including phenoxy) is 3. The Morgan fingerprint density at radius 2 is 0.759 bits per heavy atom. The van der Waals surface area contributed by atoms with E-state index in [4.69, 9.17) is 14.2 Å². The van der Waals surface area contributed by atoms with Gasteiger partial charge in [0.1, 0.15) is 13.2 Å². The van der Waals surface area contributed by atoms with Crippen LogP contribution < -0.4 is 0 Å². The lowest BCUT2D eigenvalue weighted by molar-refractivity contribution is -0.167. The van der Waals surface area contributed by atoms with E-state index in [1.165, 1.54) is 64.2 Å². The highest BCUT2D eigenvalue weighted by Crippen LogP contribution is 2.13. The van der Waals surface area contributed by atoms with Crippen LogP contribution in [0.25, 0.3) is 0 Å². The third-order valence-electron chi connectivity index (χ3n) is 9.68. The van der Waals surface area contributed by atoms with Gasteiger partial charge in [0, 0.05) is 19.3 Å². The first-order valence-electron chi connectivity index (χ1n) is 23.6. The van der Waals surface area contributed by atoms with Crippen molar-refractivity contribution in [3.8, 4) is 0 Å². The molecule has 0 aromatic heterocycles. The summed E-state index contributed by atoms with van der Waals surface area (Å²) in [7, 11) is 0. The third kappa shape index (κ3) is 43.7. The Bertz CT molecular complexity index is 1160. The summed E-state index contributed by atoms with van der Waals surface area (Å²) in [4.78, 5) is 37.8. The maximum Gasteiger partial charge on any atom is 0.306 e. The average molecular weight is 807 g/mol. The molecular weight excluding hydrogens is 721 g/mol. The summed E-state index contributed by atoms with van der Waals surface area (Å²) in [6.07, 6.45) is 58.5. The molecule has 0 bridgehead atoms. The minimum Gasteiger partial charge on any atom is -0.462 e. The van der Waals surface area contributed by atoms with Crippen molar-refractivity contribution in [3.05, 3.63) is 85.1 Å². The zero-order chi connectivity index (χ0) is 42.3. The Hall–Kier alpha value is -3.41. The summed E-state index contributed by atoms with van der Waals surface area (Å²) in [5, 5.41) is 0. The van der Waals surface area contributed by atoms with Crippen molar-refractivity contribution in [2.24, 2.45) is 0 Å². The monoisotopic (exact) mass is 807 g/mol. The minimum atomic E-state index is -0.803. The van der Waals surface area contributed by atoms with Crippen LogP contribution in [0.4, 0.5) is 0 Å². The molecule has 0 saturated heterocycles. The van der Waals surface area contributed by atoms with Gasteiger partial charge in [-0.15, -0.1) is 0 Å². The summed E-state index contributed by atoms with van der Waals surface area (Å²) < 4.78 is 16.7. The lowest BCUT2D eigenvalue weighted by Crippen LogP contribution is -2.30. The number of carbonyl (C=O) groups excluding carboxylic acids is 3. The number of carbonyl (C=O) groups is 3. The number of hydrogen-bond donors (Lipinski definition) is 0. The molecule has 0 amide bonds. The molecule has 6 heteroatoms. The second kappa shape index (κ2) is 46.3. The van der Waals surface area contributed by atoms with Gasteiger partial charge in [0.05, 0.1) is 0 Å². The predicted molar refractivity (Wildman–Crippen MR) is 247 cm³/mol. The SMILES string of the molecule is CC\C=C/C=C\C=C/CCCCCCCC(=O)OC(COC(=O)CCCC/C=C\C/C=C\C/C=C\CC)COC(=O)CCCCCCCCC/C=C\CCCCCC. The van der Waals surface area contributed by atoms with Crippen LogP contribution in [0.15, 0.2) is 85.1 Å². The van der Waals surface area contributed by atoms with Crippen molar-refractivity contribution in [1.82, 2.24) is 0 Å². The molecule has 0 spiro atoms. The normalized spacial score (nSPS) is 12.8. The Morgan fingerprint density at radius 3 is 1.29 bits per heavy atom. The van der Waals surface area contributed by atoms with Gasteiger partial charge >= 0.3 is 17.9 Å². The van der Waals surface area contributed by atoms with E-state index in [1.807, 2.05) is 6.08 Å². The summed E-state index contributed by atoms with van der Waals surface area (Å²) >= 11 is 0. The lowest BCUT2D eigenvalue weighted by atomic mass is 10.1. The molecule has 0 saturated carbocycles. The van der Waals surface area contributed by atoms with Gasteiger partial charge in [-0.1, -0.05) is 176 Å². The van der Waals surface area contributed by atoms with E-state index >= 15 is 0 Å². The van der Waals surface area contributed by atoms with Crippen molar-refractivity contribution in [2.45, 2.75) is 213 Å². The molecule has 0 N–H and O–H groups in total. The van der Waals surface area contributed by atoms with Crippen molar-refractivity contribution < 1.29 is 28.6 Å². The van der Waals surface area contributed by atoms with Crippen LogP contribution in [-0.4, -0.2) is 37.2 Å². The number of rotatable bonds is 41. The quantitative estimate of drug-likeness (QED) is 0.0201. The number of unbranched alkanes of at least 4 members (excludes halogenated alkanes) is 18. The first kappa shape index (κ1) is 54.6. The van der Waals surface area contributed by atoms with Crippen LogP contribution >= 0.6 is 0 Å². The Labute approximate surface area is 356 Å². The van der Waals surface area contributed by atoms with Crippen LogP contribution in [0.3, 0.4) is 0 Å². The van der Waals surface area contributed by atoms with Gasteiger partial charge < -0.3 is 14.2 Å². The number of allylic oxidation sites excluding steroid dienone is 14. The topological polar surface area (TPSA) is 78.9 Å². The average Bonchev–Trinajstić information content (AvgIpc) is 3.22. The van der Waals surface area contributed by atoms with Gasteiger partial charge in [0.15, 0.2) is 6.10 Å². The fraction of sp³-hybridized carbons (Fsp3) is 0.673. The molecule has 0 radical (unpaired) electrons. The summed E-state index contributed by atoms with van der Waals surface area (Å²) in [6.45, 7) is 6.30. The summed E-state index contributed by atoms with van der Waals surface area (Å²) in [6, 6.07) is 0. The van der Waals surface area contributed by atoms with E-state index in [0.717, 1.165) is 103 Å². The molecule has 330 valence electrons. The maximum atomic E-state index is 12.7. The van der Waals surface area contributed by atoms with E-state index in [2.05, 4.69) is 99.8 Å². The van der Waals surface area contributed by atoms with E-state index in [0.29, 0.717) is 19.3 Å². The largest absolute Gasteiger partial charge is 0.462 e. The van der Waals surface area contributed by atoms with Crippen molar-refractivity contribution >= 4 is 17.9 Å². The van der Waals surface area contributed by atoms with Gasteiger partial charge in [0.2, 0.25) is 0 Å². The van der Waals surface area contributed by atoms with E-state index in [-0.39, 0.29) is 31.1 Å². The van der Waals surface area contributed by atoms with Crippen molar-refractivity contribution in [1.29, 1.82) is 0 Å². The number of esters is 3. The van der Waals surface area contributed by atoms with Gasteiger partial charge in [-0.2, -0.15) is 0 Å². The van der Waals surface area contributed by atoms with Crippen molar-refractivity contribution in [2.75, 3.05) is 13.2 Å². The molecule has 0 aromatic rings. The van der Waals surface area contributed by atoms with Crippen LogP contribution in [0.2, 0.25) is 0 Å². The summed E-state index contributed by atoms with van der Waals surface area (Å²) in [5.41, 5.74) is 0. The smallest absolute Gasteiger partial charge is 0.306 e. The molecule has 0 fully saturated rings. The zero-order valence-corrected chi connectivity index (χ0v) is 37.5. The van der Waals surface area contributed by atoms with E-state index < -0.39 is 6.10 Å². The lowest BCUT2D eigenvalue weighted by Gasteiger charge is -2.18. The standard InChI is InChI=1S/C52H86O6/c1-4-7-10-13-16-19-22-25-26-28-30-33-36-39-42-45-51(54)57-48-49(47-56-50(53)44-41-38-35-32-29-24-21-18-15-12-9-6-3)58-52(55)46-43-40-37-34-31-27-23-20-17-14-11-8-5-2/h8-9,11-12,14,17-23,29,32,49H,4-7,10,13,15-16,24-28,30-31,33-48H2,1-3H3/b11-8-,12-9-,17-14-,21-18-,22-19-,23-20-,32-29-. The highest BCUT2D eigenvalue weighted by Gasteiger charge is 2.19. The van der Waals surface area contributed by atoms with Crippen LogP contribution in [-0.2, 0) is 28.6 Å². The Morgan fingerprint density at radius 1 is 0.379 bits per heavy atom. The molecule has 6 nitrogen and oxygen atoms in total. The van der Waals surface area contributed by atoms with E-state index in [1.54, 1.807) is 0 Å². The van der Waals surface area contributed by atoms with Gasteiger partial charge in [-0.25, -0.2) is 0 Å². The molecule has 0 heterocycles. The fourth-order valence-corrected chi connectivity index (χ4v) is 6.15. The molecule has 0 aromatic carbocycles. The second-order valence-electron chi connectivity index (χ2n) is 15.3. The predicted octanol–water partition coefficient (Wildman–Crippen LogP) is 15.3. The Kier molecular flexibility index (Phi) is 43.6. The third-order valence-corrected chi connectivity index (χ3v) is 9.68. The van der Waals surface area contributed by atoms with Gasteiger partial charge in [0.25, 0.3) is 0 Å². The maximum absolute atomic E-state index is 12.7. The Balaban J connectivity index is 4.47. The van der Waals surface area contributed by atoms with Crippen LogP contribution in [0.5, 0.6) is 0 Å². The molecule has 0 aliphatic heterocycles. The molecule has 1 unspecified atom stereocenters. The molecule has 0 aliphatic rings. The molecule has 0 aliphatic carbocycles. The highest BCUT2D eigenvalue weighted by molar-refractivity contribution is 5.71. The fourth-order valence-electron chi connectivity index (χ4n) is 6.15. The first-order chi connectivity index (χ1) is 28.5. The molecule has 58 heavy (non-hydrogen) atoms. The molecular formula is C52H86O6. The summed E-state index contributed by atoms with van der Waals surface area (Å²) in [5.74, 6) is -0.973. The van der Waals surface area contributed by atoms with Gasteiger partial charge in [-0.05, 0) is 96.3 Å². The first-order valence-corrected chi connectivity index (χ1v) is 23.6. The second-order valence-corrected chi connectivity index (χ2v) is 15.3. The minimum absolute atomic E-state index is 0.100. The van der Waals surface area contributed by atoms with E-state index in [9.17, 15) is 14.4 Å². The zero-order valence-electron chi connectivity index (χ0n) is 37.5. The number of hydrogen-bond acceptors (Lipinski definition) is 6.